The van der Waals surface area contributed by atoms with Crippen LogP contribution in [0.15, 0.2) is 64.8 Å². The van der Waals surface area contributed by atoms with Crippen LogP contribution >= 0.6 is 11.6 Å². The minimum atomic E-state index is -0.956. The molecule has 1 aliphatic heterocycles. The molecule has 0 radical (unpaired) electrons. The molecule has 182 valence electrons. The molecule has 0 saturated carbocycles. The number of likely N-dealkylation sites (tertiary alicyclic amines) is 1. The van der Waals surface area contributed by atoms with Gasteiger partial charge in [-0.05, 0) is 42.8 Å². The van der Waals surface area contributed by atoms with Crippen LogP contribution in [0, 0.1) is 0 Å². The minimum absolute atomic E-state index is 0.111. The number of hydrogen-bond acceptors (Lipinski definition) is 7. The van der Waals surface area contributed by atoms with Gasteiger partial charge in [0.25, 0.3) is 11.7 Å². The van der Waals surface area contributed by atoms with Crippen molar-refractivity contribution in [1.82, 2.24) is 4.90 Å². The number of aliphatic hydroxyl groups excluding tert-OH is 1. The van der Waals surface area contributed by atoms with Gasteiger partial charge in [-0.15, -0.1) is 0 Å². The number of benzene rings is 2. The Morgan fingerprint density at radius 3 is 2.40 bits per heavy atom. The number of hydrogen-bond donors (Lipinski definition) is 1. The third-order valence-electron chi connectivity index (χ3n) is 5.67. The second-order valence-electron chi connectivity index (χ2n) is 7.71. The lowest BCUT2D eigenvalue weighted by Gasteiger charge is -2.23. The zero-order valence-corrected chi connectivity index (χ0v) is 20.2. The molecule has 1 saturated heterocycles. The van der Waals surface area contributed by atoms with Crippen LogP contribution in [-0.4, -0.2) is 42.5 Å². The average molecular weight is 498 g/mol. The summed E-state index contributed by atoms with van der Waals surface area (Å²) in [5.74, 6) is -0.518. The summed E-state index contributed by atoms with van der Waals surface area (Å²) in [6, 6.07) is 12.5. The lowest BCUT2D eigenvalue weighted by atomic mass is 9.98. The van der Waals surface area contributed by atoms with E-state index in [9.17, 15) is 14.7 Å². The summed E-state index contributed by atoms with van der Waals surface area (Å²) >= 11 is 6.19. The Morgan fingerprint density at radius 2 is 1.80 bits per heavy atom. The normalized spacial score (nSPS) is 17.0. The van der Waals surface area contributed by atoms with E-state index >= 15 is 0 Å². The maximum atomic E-state index is 13.2. The summed E-state index contributed by atoms with van der Waals surface area (Å²) in [5.41, 5.74) is 0.806. The van der Waals surface area contributed by atoms with Crippen LogP contribution in [0.5, 0.6) is 17.2 Å². The first-order chi connectivity index (χ1) is 16.9. The quantitative estimate of drug-likeness (QED) is 0.266. The number of ketones is 1. The molecule has 0 aliphatic carbocycles. The summed E-state index contributed by atoms with van der Waals surface area (Å²) in [6.45, 7) is 2.54. The van der Waals surface area contributed by atoms with E-state index in [0.29, 0.717) is 18.1 Å². The molecule has 9 heteroatoms. The predicted molar refractivity (Wildman–Crippen MR) is 129 cm³/mol. The van der Waals surface area contributed by atoms with E-state index in [4.69, 9.17) is 30.2 Å². The average Bonchev–Trinajstić information content (AvgIpc) is 3.47. The number of Topliss-reactive ketones (excluding diaryl/α,β-unsaturated/α-hetero) is 1. The molecule has 1 fully saturated rings. The predicted octanol–water partition coefficient (Wildman–Crippen LogP) is 4.97. The topological polar surface area (TPSA) is 98.4 Å². The van der Waals surface area contributed by atoms with Crippen LogP contribution < -0.4 is 14.2 Å². The Morgan fingerprint density at radius 1 is 1.09 bits per heavy atom. The maximum Gasteiger partial charge on any atom is 0.296 e. The van der Waals surface area contributed by atoms with Crippen molar-refractivity contribution < 1.29 is 33.3 Å². The van der Waals surface area contributed by atoms with E-state index in [1.165, 1.54) is 37.5 Å². The monoisotopic (exact) mass is 497 g/mol. The molecular weight excluding hydrogens is 474 g/mol. The standard InChI is InChI=1S/C26H24ClNO7/c1-4-34-16-9-7-15(8-10-16)14-28-23(19-6-5-11-35-19)22(25(30)26(28)31)24(29)17-12-21(33-3)18(27)13-20(17)32-2/h5-13,23,29H,4,14H2,1-3H3/b24-22+. The van der Waals surface area contributed by atoms with Crippen molar-refractivity contribution in [2.24, 2.45) is 0 Å². The van der Waals surface area contributed by atoms with Gasteiger partial charge in [-0.3, -0.25) is 9.59 Å². The Kier molecular flexibility index (Phi) is 7.02. The van der Waals surface area contributed by atoms with E-state index in [0.717, 1.165) is 5.56 Å². The van der Waals surface area contributed by atoms with Crippen LogP contribution in [0.2, 0.25) is 5.02 Å². The zero-order chi connectivity index (χ0) is 25.1. The van der Waals surface area contributed by atoms with Gasteiger partial charge >= 0.3 is 0 Å². The zero-order valence-electron chi connectivity index (χ0n) is 19.4. The fourth-order valence-electron chi connectivity index (χ4n) is 4.03. The number of amides is 1. The van der Waals surface area contributed by atoms with Crippen molar-refractivity contribution in [3.05, 3.63) is 82.3 Å². The molecule has 35 heavy (non-hydrogen) atoms. The Labute approximate surface area is 207 Å². The Bertz CT molecular complexity index is 1270. The first-order valence-electron chi connectivity index (χ1n) is 10.8. The van der Waals surface area contributed by atoms with E-state index < -0.39 is 23.5 Å². The SMILES string of the molecule is CCOc1ccc(CN2C(=O)C(=O)/C(=C(/O)c3cc(OC)c(Cl)cc3OC)C2c2ccco2)cc1. The van der Waals surface area contributed by atoms with Crippen molar-refractivity contribution in [2.75, 3.05) is 20.8 Å². The number of ether oxygens (including phenoxy) is 3. The molecule has 1 aliphatic rings. The molecule has 0 spiro atoms. The maximum absolute atomic E-state index is 13.2. The summed E-state index contributed by atoms with van der Waals surface area (Å²) in [7, 11) is 2.83. The van der Waals surface area contributed by atoms with E-state index in [1.807, 2.05) is 19.1 Å². The molecule has 2 heterocycles. The molecule has 1 aromatic heterocycles. The van der Waals surface area contributed by atoms with E-state index in [-0.39, 0.29) is 34.2 Å². The van der Waals surface area contributed by atoms with Crippen molar-refractivity contribution >= 4 is 29.1 Å². The molecule has 8 nitrogen and oxygen atoms in total. The van der Waals surface area contributed by atoms with Crippen molar-refractivity contribution in [3.63, 3.8) is 0 Å². The smallest absolute Gasteiger partial charge is 0.296 e. The first kappa shape index (κ1) is 24.2. The molecule has 4 rings (SSSR count). The van der Waals surface area contributed by atoms with Crippen LogP contribution in [0.3, 0.4) is 0 Å². The Hall–Kier alpha value is -3.91. The van der Waals surface area contributed by atoms with Crippen molar-refractivity contribution in [3.8, 4) is 17.2 Å². The Balaban J connectivity index is 1.82. The summed E-state index contributed by atoms with van der Waals surface area (Å²) in [5, 5.41) is 11.6. The van der Waals surface area contributed by atoms with Gasteiger partial charge in [-0.2, -0.15) is 0 Å². The lowest BCUT2D eigenvalue weighted by molar-refractivity contribution is -0.140. The van der Waals surface area contributed by atoms with Crippen molar-refractivity contribution in [2.45, 2.75) is 19.5 Å². The molecular formula is C26H24ClNO7. The number of aliphatic hydroxyl groups is 1. The molecule has 1 atom stereocenters. The summed E-state index contributed by atoms with van der Waals surface area (Å²) in [6.07, 6.45) is 1.44. The second-order valence-corrected chi connectivity index (χ2v) is 8.11. The van der Waals surface area contributed by atoms with Crippen LogP contribution in [0.25, 0.3) is 5.76 Å². The number of methoxy groups -OCH3 is 2. The number of rotatable bonds is 8. The number of halogens is 1. The third-order valence-corrected chi connectivity index (χ3v) is 5.96. The van der Waals surface area contributed by atoms with Gasteiger partial charge in [-0.1, -0.05) is 23.7 Å². The van der Waals surface area contributed by atoms with Gasteiger partial charge in [0.1, 0.15) is 34.8 Å². The highest BCUT2D eigenvalue weighted by molar-refractivity contribution is 6.46. The van der Waals surface area contributed by atoms with Crippen LogP contribution in [0.1, 0.15) is 29.9 Å². The van der Waals surface area contributed by atoms with Gasteiger partial charge in [0.05, 0.1) is 43.2 Å². The fourth-order valence-corrected chi connectivity index (χ4v) is 4.26. The van der Waals surface area contributed by atoms with Gasteiger partial charge in [-0.25, -0.2) is 0 Å². The first-order valence-corrected chi connectivity index (χ1v) is 11.2. The molecule has 1 N–H and O–H groups in total. The van der Waals surface area contributed by atoms with Gasteiger partial charge in [0, 0.05) is 12.6 Å². The second kappa shape index (κ2) is 10.1. The van der Waals surface area contributed by atoms with Gasteiger partial charge in [0.2, 0.25) is 0 Å². The highest BCUT2D eigenvalue weighted by Gasteiger charge is 2.47. The highest BCUT2D eigenvalue weighted by atomic mass is 35.5. The molecule has 0 bridgehead atoms. The van der Waals surface area contributed by atoms with E-state index in [2.05, 4.69) is 0 Å². The van der Waals surface area contributed by atoms with E-state index in [1.54, 1.807) is 24.3 Å². The molecule has 1 amide bonds. The lowest BCUT2D eigenvalue weighted by Crippen LogP contribution is -2.29. The summed E-state index contributed by atoms with van der Waals surface area (Å²) < 4.78 is 21.7. The van der Waals surface area contributed by atoms with Gasteiger partial charge in [0.15, 0.2) is 0 Å². The number of carbonyl (C=O) groups excluding carboxylic acids is 2. The van der Waals surface area contributed by atoms with Gasteiger partial charge < -0.3 is 28.6 Å². The largest absolute Gasteiger partial charge is 0.507 e. The van der Waals surface area contributed by atoms with Crippen LogP contribution in [-0.2, 0) is 16.1 Å². The van der Waals surface area contributed by atoms with Crippen molar-refractivity contribution in [1.29, 1.82) is 0 Å². The minimum Gasteiger partial charge on any atom is -0.507 e. The molecule has 2 aromatic carbocycles. The summed E-state index contributed by atoms with van der Waals surface area (Å²) in [4.78, 5) is 27.7. The third kappa shape index (κ3) is 4.57. The fraction of sp³-hybridized carbons (Fsp3) is 0.231. The van der Waals surface area contributed by atoms with Crippen LogP contribution in [0.4, 0.5) is 0 Å². The number of nitrogens with zero attached hydrogens (tertiary/aromatic N) is 1. The molecule has 1 unspecified atom stereocenters. The number of furan rings is 1. The highest BCUT2D eigenvalue weighted by Crippen LogP contribution is 2.43. The molecule has 3 aromatic rings. The number of carbonyl (C=O) groups is 2.